The van der Waals surface area contributed by atoms with Crippen LogP contribution >= 0.6 is 11.6 Å². The zero-order chi connectivity index (χ0) is 20.8. The topological polar surface area (TPSA) is 72.6 Å². The average Bonchev–Trinajstić information content (AvgIpc) is 3.07. The Balaban J connectivity index is 1.86. The number of halogens is 1. The summed E-state index contributed by atoms with van der Waals surface area (Å²) in [5, 5.41) is 0.728. The van der Waals surface area contributed by atoms with Gasteiger partial charge in [0.15, 0.2) is 5.43 Å². The third-order valence-corrected chi connectivity index (χ3v) is 5.40. The van der Waals surface area contributed by atoms with Crippen molar-refractivity contribution in [3.63, 3.8) is 0 Å². The molecule has 3 heterocycles. The molecule has 7 heteroatoms. The van der Waals surface area contributed by atoms with Gasteiger partial charge >= 0.3 is 0 Å². The van der Waals surface area contributed by atoms with Crippen LogP contribution < -0.4 is 15.1 Å². The van der Waals surface area contributed by atoms with E-state index in [4.69, 9.17) is 20.8 Å². The van der Waals surface area contributed by atoms with E-state index in [1.165, 1.54) is 4.90 Å². The number of aromatic nitrogens is 1. The van der Waals surface area contributed by atoms with E-state index in [2.05, 4.69) is 4.98 Å². The van der Waals surface area contributed by atoms with Crippen LogP contribution in [-0.4, -0.2) is 18.0 Å². The molecule has 5 rings (SSSR count). The summed E-state index contributed by atoms with van der Waals surface area (Å²) in [5.74, 6) is 0.519. The lowest BCUT2D eigenvalue weighted by atomic mass is 9.97. The number of carbonyl (C=O) groups is 1. The van der Waals surface area contributed by atoms with Crippen molar-refractivity contribution in [2.45, 2.75) is 6.04 Å². The van der Waals surface area contributed by atoms with Crippen LogP contribution in [0.25, 0.3) is 11.0 Å². The first-order chi connectivity index (χ1) is 14.6. The largest absolute Gasteiger partial charge is 0.496 e. The van der Waals surface area contributed by atoms with E-state index in [-0.39, 0.29) is 16.8 Å². The van der Waals surface area contributed by atoms with Gasteiger partial charge in [-0.15, -0.1) is 0 Å². The van der Waals surface area contributed by atoms with E-state index < -0.39 is 11.9 Å². The maximum atomic E-state index is 13.5. The maximum absolute atomic E-state index is 13.5. The number of rotatable bonds is 3. The number of carbonyl (C=O) groups excluding carboxylic acids is 1. The molecule has 30 heavy (non-hydrogen) atoms. The lowest BCUT2D eigenvalue weighted by molar-refractivity contribution is 0.0970. The van der Waals surface area contributed by atoms with Crippen LogP contribution in [0, 0.1) is 0 Å². The quantitative estimate of drug-likeness (QED) is 0.486. The lowest BCUT2D eigenvalue weighted by Crippen LogP contribution is -2.30. The molecule has 0 spiro atoms. The molecule has 0 saturated carbocycles. The van der Waals surface area contributed by atoms with Crippen molar-refractivity contribution < 1.29 is 13.9 Å². The Bertz CT molecular complexity index is 1350. The Morgan fingerprint density at radius 1 is 1.07 bits per heavy atom. The minimum absolute atomic E-state index is 0.00335. The maximum Gasteiger partial charge on any atom is 0.296 e. The highest BCUT2D eigenvalue weighted by Crippen LogP contribution is 2.43. The van der Waals surface area contributed by atoms with Gasteiger partial charge in [-0.05, 0) is 36.4 Å². The molecule has 0 aliphatic carbocycles. The average molecular weight is 419 g/mol. The molecule has 148 valence electrons. The zero-order valence-electron chi connectivity index (χ0n) is 15.8. The van der Waals surface area contributed by atoms with Gasteiger partial charge in [0.05, 0.1) is 18.1 Å². The summed E-state index contributed by atoms with van der Waals surface area (Å²) in [4.78, 5) is 32.8. The van der Waals surface area contributed by atoms with Gasteiger partial charge in [-0.25, -0.2) is 4.98 Å². The fraction of sp³-hybridized carbons (Fsp3) is 0.0870. The van der Waals surface area contributed by atoms with Crippen LogP contribution in [0.1, 0.15) is 27.7 Å². The fourth-order valence-corrected chi connectivity index (χ4v) is 4.04. The third-order valence-electron chi connectivity index (χ3n) is 5.16. The summed E-state index contributed by atoms with van der Waals surface area (Å²) < 4.78 is 11.4. The Morgan fingerprint density at radius 2 is 1.87 bits per heavy atom. The first-order valence-electron chi connectivity index (χ1n) is 9.24. The molecular weight excluding hydrogens is 404 g/mol. The Morgan fingerprint density at radius 3 is 2.63 bits per heavy atom. The minimum atomic E-state index is -0.752. The molecule has 0 unspecified atom stereocenters. The number of hydrogen-bond acceptors (Lipinski definition) is 5. The van der Waals surface area contributed by atoms with E-state index in [9.17, 15) is 9.59 Å². The van der Waals surface area contributed by atoms with Crippen molar-refractivity contribution in [3.8, 4) is 5.75 Å². The highest BCUT2D eigenvalue weighted by Gasteiger charge is 2.45. The highest BCUT2D eigenvalue weighted by molar-refractivity contribution is 6.31. The van der Waals surface area contributed by atoms with E-state index >= 15 is 0 Å². The summed E-state index contributed by atoms with van der Waals surface area (Å²) in [6, 6.07) is 16.5. The first kappa shape index (κ1) is 18.4. The predicted molar refractivity (Wildman–Crippen MR) is 113 cm³/mol. The van der Waals surface area contributed by atoms with Crippen LogP contribution in [0.15, 0.2) is 76.1 Å². The second kappa shape index (κ2) is 7.00. The SMILES string of the molecule is COc1ccccc1[C@@H]1c2c(oc3ccc(Cl)cc3c2=O)C(=O)N1c1ccccn1. The minimum Gasteiger partial charge on any atom is -0.496 e. The second-order valence-electron chi connectivity index (χ2n) is 6.82. The van der Waals surface area contributed by atoms with Crippen LogP contribution in [0.2, 0.25) is 5.02 Å². The first-order valence-corrected chi connectivity index (χ1v) is 9.61. The molecule has 1 aliphatic rings. The van der Waals surface area contributed by atoms with Gasteiger partial charge < -0.3 is 9.15 Å². The number of methoxy groups -OCH3 is 1. The van der Waals surface area contributed by atoms with Gasteiger partial charge in [0, 0.05) is 16.8 Å². The summed E-state index contributed by atoms with van der Waals surface area (Å²) in [7, 11) is 1.55. The fourth-order valence-electron chi connectivity index (χ4n) is 3.86. The van der Waals surface area contributed by atoms with Gasteiger partial charge in [-0.2, -0.15) is 0 Å². The Labute approximate surface area is 176 Å². The Hall–Kier alpha value is -3.64. The summed E-state index contributed by atoms with van der Waals surface area (Å²) in [5.41, 5.74) is 0.894. The zero-order valence-corrected chi connectivity index (χ0v) is 16.6. The van der Waals surface area contributed by atoms with E-state index in [0.29, 0.717) is 33.1 Å². The van der Waals surface area contributed by atoms with E-state index in [0.717, 1.165) is 0 Å². The van der Waals surface area contributed by atoms with Crippen molar-refractivity contribution in [1.29, 1.82) is 0 Å². The highest BCUT2D eigenvalue weighted by atomic mass is 35.5. The predicted octanol–water partition coefficient (Wildman–Crippen LogP) is 4.60. The molecule has 1 atom stereocenters. The molecule has 6 nitrogen and oxygen atoms in total. The number of hydrogen-bond donors (Lipinski definition) is 0. The van der Waals surface area contributed by atoms with Crippen molar-refractivity contribution in [2.75, 3.05) is 12.0 Å². The van der Waals surface area contributed by atoms with Crippen molar-refractivity contribution >= 4 is 34.3 Å². The summed E-state index contributed by atoms with van der Waals surface area (Å²) in [6.45, 7) is 0. The molecule has 0 saturated heterocycles. The van der Waals surface area contributed by atoms with E-state index in [1.807, 2.05) is 18.2 Å². The van der Waals surface area contributed by atoms with Crippen LogP contribution in [0.3, 0.4) is 0 Å². The molecule has 1 amide bonds. The van der Waals surface area contributed by atoms with Crippen LogP contribution in [0.4, 0.5) is 5.82 Å². The van der Waals surface area contributed by atoms with Gasteiger partial charge in [0.2, 0.25) is 5.76 Å². The molecule has 0 N–H and O–H groups in total. The normalized spacial score (nSPS) is 15.5. The van der Waals surface area contributed by atoms with Crippen molar-refractivity contribution in [2.24, 2.45) is 0 Å². The van der Waals surface area contributed by atoms with Crippen molar-refractivity contribution in [1.82, 2.24) is 4.98 Å². The number of anilines is 1. The van der Waals surface area contributed by atoms with Crippen molar-refractivity contribution in [3.05, 3.63) is 99.0 Å². The number of pyridine rings is 1. The number of nitrogens with zero attached hydrogens (tertiary/aromatic N) is 2. The van der Waals surface area contributed by atoms with Gasteiger partial charge in [-0.1, -0.05) is 35.9 Å². The van der Waals surface area contributed by atoms with Gasteiger partial charge in [0.1, 0.15) is 23.2 Å². The van der Waals surface area contributed by atoms with E-state index in [1.54, 1.807) is 55.8 Å². The third kappa shape index (κ3) is 2.69. The van der Waals surface area contributed by atoms with Crippen LogP contribution in [-0.2, 0) is 0 Å². The monoisotopic (exact) mass is 418 g/mol. The molecule has 0 bridgehead atoms. The molecule has 1 aliphatic heterocycles. The molecule has 0 radical (unpaired) electrons. The molecular formula is C23H15ClN2O4. The number of amides is 1. The summed E-state index contributed by atoms with van der Waals surface area (Å²) >= 11 is 6.11. The standard InChI is InChI=1S/C23H15ClN2O4/c1-29-16-7-3-2-6-14(16)20-19-21(27)15-12-13(24)9-10-17(15)30-22(19)23(28)26(20)18-8-4-5-11-25-18/h2-12,20H,1H3/t20-/m1/s1. The summed E-state index contributed by atoms with van der Waals surface area (Å²) in [6.07, 6.45) is 1.59. The van der Waals surface area contributed by atoms with Gasteiger partial charge in [-0.3, -0.25) is 14.5 Å². The number of benzene rings is 2. The second-order valence-corrected chi connectivity index (χ2v) is 7.26. The molecule has 2 aromatic heterocycles. The number of fused-ring (bicyclic) bond motifs is 2. The van der Waals surface area contributed by atoms with Gasteiger partial charge in [0.25, 0.3) is 5.91 Å². The molecule has 2 aromatic carbocycles. The lowest BCUT2D eigenvalue weighted by Gasteiger charge is -2.25. The molecule has 4 aromatic rings. The Kier molecular flexibility index (Phi) is 4.29. The van der Waals surface area contributed by atoms with Crippen LogP contribution in [0.5, 0.6) is 5.75 Å². The number of para-hydroxylation sites is 1. The molecule has 0 fully saturated rings. The smallest absolute Gasteiger partial charge is 0.296 e. The number of ether oxygens (including phenoxy) is 1.